The van der Waals surface area contributed by atoms with Crippen LogP contribution in [0.1, 0.15) is 44.0 Å². The van der Waals surface area contributed by atoms with Crippen LogP contribution in [0, 0.1) is 0 Å². The van der Waals surface area contributed by atoms with Crippen LogP contribution in [-0.2, 0) is 0 Å². The molecule has 0 N–H and O–H groups in total. The molecular formula is C15H22BrNO. The van der Waals surface area contributed by atoms with Gasteiger partial charge in [-0.25, -0.2) is 0 Å². The van der Waals surface area contributed by atoms with Crippen molar-refractivity contribution in [3.05, 3.63) is 34.3 Å². The van der Waals surface area contributed by atoms with Crippen molar-refractivity contribution in [2.45, 2.75) is 39.2 Å². The highest BCUT2D eigenvalue weighted by Crippen LogP contribution is 2.20. The van der Waals surface area contributed by atoms with E-state index >= 15 is 0 Å². The first-order chi connectivity index (χ1) is 8.38. The number of rotatable bonds is 6. The van der Waals surface area contributed by atoms with E-state index in [1.807, 2.05) is 24.3 Å². The molecule has 1 aromatic carbocycles. The molecule has 0 saturated heterocycles. The summed E-state index contributed by atoms with van der Waals surface area (Å²) in [6.07, 6.45) is 1.63. The number of carbonyl (C=O) groups is 1. The largest absolute Gasteiger partial charge is 0.301 e. The molecule has 100 valence electrons. The van der Waals surface area contributed by atoms with E-state index in [-0.39, 0.29) is 11.3 Å². The van der Waals surface area contributed by atoms with Gasteiger partial charge in [-0.15, -0.1) is 0 Å². The van der Waals surface area contributed by atoms with Gasteiger partial charge in [0, 0.05) is 28.5 Å². The zero-order valence-electron chi connectivity index (χ0n) is 11.7. The van der Waals surface area contributed by atoms with Gasteiger partial charge in [-0.2, -0.15) is 0 Å². The molecule has 0 heterocycles. The third-order valence-corrected chi connectivity index (χ3v) is 4.44. The lowest BCUT2D eigenvalue weighted by molar-refractivity contribution is 0.0928. The highest BCUT2D eigenvalue weighted by atomic mass is 79.9. The van der Waals surface area contributed by atoms with E-state index in [1.165, 1.54) is 0 Å². The Bertz CT molecular complexity index is 415. The minimum absolute atomic E-state index is 0.147. The zero-order chi connectivity index (χ0) is 13.8. The molecule has 0 saturated carbocycles. The van der Waals surface area contributed by atoms with Crippen LogP contribution < -0.4 is 0 Å². The predicted molar refractivity (Wildman–Crippen MR) is 80.1 cm³/mol. The summed E-state index contributed by atoms with van der Waals surface area (Å²) in [5.74, 6) is 0.196. The fourth-order valence-corrected chi connectivity index (χ4v) is 2.17. The van der Waals surface area contributed by atoms with Crippen molar-refractivity contribution in [1.29, 1.82) is 0 Å². The van der Waals surface area contributed by atoms with Gasteiger partial charge >= 0.3 is 0 Å². The van der Waals surface area contributed by atoms with Crippen LogP contribution in [0.15, 0.2) is 28.7 Å². The Morgan fingerprint density at radius 3 is 2.50 bits per heavy atom. The predicted octanol–water partition coefficient (Wildman–Crippen LogP) is 4.14. The maximum Gasteiger partial charge on any atom is 0.165 e. The zero-order valence-corrected chi connectivity index (χ0v) is 13.3. The molecule has 0 amide bonds. The number of nitrogens with zero attached hydrogens (tertiary/aromatic N) is 1. The molecule has 0 spiro atoms. The van der Waals surface area contributed by atoms with E-state index in [2.05, 4.69) is 48.6 Å². The molecule has 1 aromatic rings. The SMILES string of the molecule is CCC(C)(C)N(C)CCC(=O)c1ccccc1Br. The second-order valence-corrected chi connectivity index (χ2v) is 6.09. The van der Waals surface area contributed by atoms with Crippen molar-refractivity contribution in [3.8, 4) is 0 Å². The van der Waals surface area contributed by atoms with Crippen molar-refractivity contribution in [2.75, 3.05) is 13.6 Å². The summed E-state index contributed by atoms with van der Waals surface area (Å²) in [6, 6.07) is 7.61. The third-order valence-electron chi connectivity index (χ3n) is 3.75. The monoisotopic (exact) mass is 311 g/mol. The number of ketones is 1. The molecule has 1 rings (SSSR count). The van der Waals surface area contributed by atoms with E-state index in [1.54, 1.807) is 0 Å². The second kappa shape index (κ2) is 6.48. The normalized spacial score (nSPS) is 11.9. The molecule has 18 heavy (non-hydrogen) atoms. The summed E-state index contributed by atoms with van der Waals surface area (Å²) in [6.45, 7) is 7.37. The average Bonchev–Trinajstić information content (AvgIpc) is 2.36. The second-order valence-electron chi connectivity index (χ2n) is 5.24. The van der Waals surface area contributed by atoms with Gasteiger partial charge in [0.1, 0.15) is 0 Å². The van der Waals surface area contributed by atoms with E-state index in [0.717, 1.165) is 23.0 Å². The van der Waals surface area contributed by atoms with E-state index in [0.29, 0.717) is 6.42 Å². The number of hydrogen-bond acceptors (Lipinski definition) is 2. The first-order valence-corrected chi connectivity index (χ1v) is 7.16. The van der Waals surface area contributed by atoms with Gasteiger partial charge in [-0.1, -0.05) is 41.1 Å². The molecular weight excluding hydrogens is 290 g/mol. The fraction of sp³-hybridized carbons (Fsp3) is 0.533. The lowest BCUT2D eigenvalue weighted by atomic mass is 9.99. The molecule has 0 aliphatic carbocycles. The molecule has 0 aromatic heterocycles. The maximum absolute atomic E-state index is 12.1. The quantitative estimate of drug-likeness (QED) is 0.736. The fourth-order valence-electron chi connectivity index (χ4n) is 1.66. The minimum atomic E-state index is 0.147. The molecule has 0 aliphatic heterocycles. The van der Waals surface area contributed by atoms with Crippen molar-refractivity contribution in [1.82, 2.24) is 4.90 Å². The standard InChI is InChI=1S/C15H22BrNO/c1-5-15(2,3)17(4)11-10-14(18)12-8-6-7-9-13(12)16/h6-9H,5,10-11H2,1-4H3. The molecule has 0 aliphatic rings. The molecule has 0 fully saturated rings. The first-order valence-electron chi connectivity index (χ1n) is 6.37. The van der Waals surface area contributed by atoms with Crippen LogP contribution in [0.5, 0.6) is 0 Å². The van der Waals surface area contributed by atoms with Gasteiger partial charge in [-0.05, 0) is 33.4 Å². The lowest BCUT2D eigenvalue weighted by Crippen LogP contribution is -2.41. The van der Waals surface area contributed by atoms with Crippen molar-refractivity contribution in [2.24, 2.45) is 0 Å². The Balaban J connectivity index is 2.60. The molecule has 0 unspecified atom stereocenters. The van der Waals surface area contributed by atoms with Gasteiger partial charge < -0.3 is 4.90 Å². The highest BCUT2D eigenvalue weighted by Gasteiger charge is 2.21. The summed E-state index contributed by atoms with van der Waals surface area (Å²) in [5, 5.41) is 0. The van der Waals surface area contributed by atoms with Crippen LogP contribution in [0.4, 0.5) is 0 Å². The smallest absolute Gasteiger partial charge is 0.165 e. The van der Waals surface area contributed by atoms with Gasteiger partial charge in [-0.3, -0.25) is 4.79 Å². The van der Waals surface area contributed by atoms with Crippen LogP contribution in [0.25, 0.3) is 0 Å². The van der Waals surface area contributed by atoms with Gasteiger partial charge in [0.15, 0.2) is 5.78 Å². The molecule has 2 nitrogen and oxygen atoms in total. The lowest BCUT2D eigenvalue weighted by Gasteiger charge is -2.34. The Hall–Kier alpha value is -0.670. The first kappa shape index (κ1) is 15.4. The number of benzene rings is 1. The number of Topliss-reactive ketones (excluding diaryl/α,β-unsaturated/α-hetero) is 1. The average molecular weight is 312 g/mol. The van der Waals surface area contributed by atoms with E-state index < -0.39 is 0 Å². The molecule has 0 bridgehead atoms. The van der Waals surface area contributed by atoms with Gasteiger partial charge in [0.2, 0.25) is 0 Å². The highest BCUT2D eigenvalue weighted by molar-refractivity contribution is 9.10. The van der Waals surface area contributed by atoms with Crippen LogP contribution in [0.3, 0.4) is 0 Å². The number of carbonyl (C=O) groups excluding carboxylic acids is 1. The Kier molecular flexibility index (Phi) is 5.54. The topological polar surface area (TPSA) is 20.3 Å². The summed E-state index contributed by atoms with van der Waals surface area (Å²) in [7, 11) is 2.08. The van der Waals surface area contributed by atoms with Crippen molar-refractivity contribution in [3.63, 3.8) is 0 Å². The Morgan fingerprint density at radius 1 is 1.33 bits per heavy atom. The van der Waals surface area contributed by atoms with Gasteiger partial charge in [0.05, 0.1) is 0 Å². The number of halogens is 1. The summed E-state index contributed by atoms with van der Waals surface area (Å²) < 4.78 is 0.882. The van der Waals surface area contributed by atoms with Crippen molar-refractivity contribution < 1.29 is 4.79 Å². The third kappa shape index (κ3) is 3.92. The number of hydrogen-bond donors (Lipinski definition) is 0. The summed E-state index contributed by atoms with van der Waals surface area (Å²) in [4.78, 5) is 14.4. The van der Waals surface area contributed by atoms with Crippen LogP contribution in [0.2, 0.25) is 0 Å². The molecule has 3 heteroatoms. The Morgan fingerprint density at radius 2 is 1.94 bits per heavy atom. The summed E-state index contributed by atoms with van der Waals surface area (Å²) in [5.41, 5.74) is 0.925. The molecule has 0 atom stereocenters. The maximum atomic E-state index is 12.1. The minimum Gasteiger partial charge on any atom is -0.301 e. The van der Waals surface area contributed by atoms with Crippen molar-refractivity contribution >= 4 is 21.7 Å². The summed E-state index contributed by atoms with van der Waals surface area (Å²) >= 11 is 3.42. The van der Waals surface area contributed by atoms with Crippen LogP contribution >= 0.6 is 15.9 Å². The Labute approximate surface area is 119 Å². The van der Waals surface area contributed by atoms with E-state index in [9.17, 15) is 4.79 Å². The van der Waals surface area contributed by atoms with Crippen LogP contribution in [-0.4, -0.2) is 29.8 Å². The van der Waals surface area contributed by atoms with E-state index in [4.69, 9.17) is 0 Å². The van der Waals surface area contributed by atoms with Gasteiger partial charge in [0.25, 0.3) is 0 Å². The molecule has 0 radical (unpaired) electrons.